The highest BCUT2D eigenvalue weighted by molar-refractivity contribution is 5.87. The van der Waals surface area contributed by atoms with Gasteiger partial charge in [0.25, 0.3) is 0 Å². The lowest BCUT2D eigenvalue weighted by atomic mass is 9.91. The summed E-state index contributed by atoms with van der Waals surface area (Å²) in [5, 5.41) is 0. The fourth-order valence-corrected chi connectivity index (χ4v) is 1.37. The number of nitrogens with two attached hydrogens (primary N) is 1. The zero-order valence-electron chi connectivity index (χ0n) is 9.94. The molecule has 0 rings (SSSR count). The first-order chi connectivity index (χ1) is 6.54. The predicted octanol–water partition coefficient (Wildman–Crippen LogP) is 3.04. The van der Waals surface area contributed by atoms with Crippen molar-refractivity contribution in [3.05, 3.63) is 0 Å². The van der Waals surface area contributed by atoms with Gasteiger partial charge in [0.15, 0.2) is 5.78 Å². The molecule has 2 nitrogen and oxygen atoms in total. The smallest absolute Gasteiger partial charge is 0.152 e. The van der Waals surface area contributed by atoms with Crippen molar-refractivity contribution in [2.45, 2.75) is 71.3 Å². The third-order valence-electron chi connectivity index (χ3n) is 2.88. The average Bonchev–Trinajstić information content (AvgIpc) is 2.17. The summed E-state index contributed by atoms with van der Waals surface area (Å²) in [5.41, 5.74) is 5.26. The fraction of sp³-hybridized carbons (Fsp3) is 0.917. The molecule has 0 aromatic carbocycles. The quantitative estimate of drug-likeness (QED) is 0.611. The van der Waals surface area contributed by atoms with Crippen LogP contribution in [0.1, 0.15) is 65.7 Å². The number of ketones is 1. The Morgan fingerprint density at radius 3 is 2.21 bits per heavy atom. The lowest BCUT2D eigenvalue weighted by Crippen LogP contribution is -2.44. The summed E-state index contributed by atoms with van der Waals surface area (Å²) < 4.78 is 0. The van der Waals surface area contributed by atoms with Gasteiger partial charge < -0.3 is 5.73 Å². The minimum atomic E-state index is -0.593. The Hall–Kier alpha value is -0.370. The third-order valence-corrected chi connectivity index (χ3v) is 2.88. The number of hydrogen-bond acceptors (Lipinski definition) is 2. The molecule has 0 spiro atoms. The zero-order valence-corrected chi connectivity index (χ0v) is 9.94. The van der Waals surface area contributed by atoms with Crippen molar-refractivity contribution >= 4 is 5.78 Å². The first-order valence-electron chi connectivity index (χ1n) is 5.86. The van der Waals surface area contributed by atoms with Gasteiger partial charge in [-0.1, -0.05) is 39.5 Å². The molecule has 2 N–H and O–H groups in total. The van der Waals surface area contributed by atoms with E-state index in [1.165, 1.54) is 25.7 Å². The molecule has 0 radical (unpaired) electrons. The van der Waals surface area contributed by atoms with Crippen molar-refractivity contribution in [3.8, 4) is 0 Å². The second kappa shape index (κ2) is 6.99. The first-order valence-corrected chi connectivity index (χ1v) is 5.86. The van der Waals surface area contributed by atoms with Gasteiger partial charge in [0.2, 0.25) is 0 Å². The Balaban J connectivity index is 3.54. The summed E-state index contributed by atoms with van der Waals surface area (Å²) in [5.74, 6) is 0.219. The molecule has 1 unspecified atom stereocenters. The summed E-state index contributed by atoms with van der Waals surface area (Å²) >= 11 is 0. The molecule has 84 valence electrons. The summed E-state index contributed by atoms with van der Waals surface area (Å²) in [6, 6.07) is 0. The van der Waals surface area contributed by atoms with Crippen molar-refractivity contribution in [1.82, 2.24) is 0 Å². The van der Waals surface area contributed by atoms with Crippen LogP contribution in [0.4, 0.5) is 0 Å². The van der Waals surface area contributed by atoms with Crippen LogP contribution < -0.4 is 5.73 Å². The van der Waals surface area contributed by atoms with Gasteiger partial charge in [0, 0.05) is 6.42 Å². The second-order valence-corrected chi connectivity index (χ2v) is 4.36. The highest BCUT2D eigenvalue weighted by atomic mass is 16.1. The van der Waals surface area contributed by atoms with Crippen molar-refractivity contribution < 1.29 is 4.79 Å². The van der Waals surface area contributed by atoms with E-state index < -0.39 is 5.54 Å². The molecule has 0 fully saturated rings. The molecule has 0 aliphatic rings. The molecule has 0 aliphatic carbocycles. The number of carbonyl (C=O) groups excluding carboxylic acids is 1. The number of Topliss-reactive ketones (excluding diaryl/α,β-unsaturated/α-hetero) is 1. The van der Waals surface area contributed by atoms with Gasteiger partial charge in [-0.25, -0.2) is 0 Å². The minimum absolute atomic E-state index is 0.219. The number of unbranched alkanes of at least 4 members (excludes halogenated alkanes) is 4. The predicted molar refractivity (Wildman–Crippen MR) is 61.3 cm³/mol. The van der Waals surface area contributed by atoms with E-state index in [0.29, 0.717) is 6.42 Å². The van der Waals surface area contributed by atoms with Gasteiger partial charge in [-0.05, 0) is 19.8 Å². The van der Waals surface area contributed by atoms with Crippen LogP contribution in [0, 0.1) is 0 Å². The molecule has 0 amide bonds. The topological polar surface area (TPSA) is 43.1 Å². The Labute approximate surface area is 88.3 Å². The van der Waals surface area contributed by atoms with Crippen LogP contribution in [0.15, 0.2) is 0 Å². The van der Waals surface area contributed by atoms with Crippen LogP contribution in [0.2, 0.25) is 0 Å². The fourth-order valence-electron chi connectivity index (χ4n) is 1.37. The van der Waals surface area contributed by atoms with E-state index in [2.05, 4.69) is 6.92 Å². The summed E-state index contributed by atoms with van der Waals surface area (Å²) in [7, 11) is 0. The first kappa shape index (κ1) is 13.6. The SMILES string of the molecule is CCCCCCCC(=O)C(C)(N)CC. The van der Waals surface area contributed by atoms with Crippen LogP contribution >= 0.6 is 0 Å². The van der Waals surface area contributed by atoms with Crippen LogP contribution in [0.5, 0.6) is 0 Å². The molecule has 0 heterocycles. The van der Waals surface area contributed by atoms with E-state index in [1.54, 1.807) is 0 Å². The Kier molecular flexibility index (Phi) is 6.81. The maximum Gasteiger partial charge on any atom is 0.152 e. The van der Waals surface area contributed by atoms with Crippen LogP contribution in [-0.4, -0.2) is 11.3 Å². The number of rotatable bonds is 8. The Bertz CT molecular complexity index is 164. The van der Waals surface area contributed by atoms with E-state index in [0.717, 1.165) is 12.8 Å². The zero-order chi connectivity index (χ0) is 11.0. The number of carbonyl (C=O) groups is 1. The molecule has 1 atom stereocenters. The van der Waals surface area contributed by atoms with E-state index in [1.807, 2.05) is 13.8 Å². The van der Waals surface area contributed by atoms with E-state index in [9.17, 15) is 4.79 Å². The summed E-state index contributed by atoms with van der Waals surface area (Å²) in [6.07, 6.45) is 7.34. The molecule has 14 heavy (non-hydrogen) atoms. The van der Waals surface area contributed by atoms with Gasteiger partial charge in [0.1, 0.15) is 0 Å². The standard InChI is InChI=1S/C12H25NO/c1-4-6-7-8-9-10-11(14)12(3,13)5-2/h4-10,13H2,1-3H3. The maximum absolute atomic E-state index is 11.6. The van der Waals surface area contributed by atoms with Crippen LogP contribution in [0.25, 0.3) is 0 Å². The highest BCUT2D eigenvalue weighted by Gasteiger charge is 2.24. The molecule has 0 aromatic heterocycles. The van der Waals surface area contributed by atoms with E-state index in [4.69, 9.17) is 5.73 Å². The monoisotopic (exact) mass is 199 g/mol. The molecular formula is C12H25NO. The Morgan fingerprint density at radius 2 is 1.71 bits per heavy atom. The molecule has 0 saturated heterocycles. The van der Waals surface area contributed by atoms with Gasteiger partial charge in [-0.3, -0.25) is 4.79 Å². The molecule has 0 saturated carbocycles. The van der Waals surface area contributed by atoms with Crippen LogP contribution in [-0.2, 0) is 4.79 Å². The molecule has 2 heteroatoms. The lowest BCUT2D eigenvalue weighted by molar-refractivity contribution is -0.123. The van der Waals surface area contributed by atoms with E-state index in [-0.39, 0.29) is 5.78 Å². The second-order valence-electron chi connectivity index (χ2n) is 4.36. The number of hydrogen-bond donors (Lipinski definition) is 1. The van der Waals surface area contributed by atoms with Gasteiger partial charge in [-0.15, -0.1) is 0 Å². The van der Waals surface area contributed by atoms with E-state index >= 15 is 0 Å². The van der Waals surface area contributed by atoms with Gasteiger partial charge in [0.05, 0.1) is 5.54 Å². The third kappa shape index (κ3) is 5.38. The molecule has 0 bridgehead atoms. The van der Waals surface area contributed by atoms with Crippen LogP contribution in [0.3, 0.4) is 0 Å². The molecular weight excluding hydrogens is 174 g/mol. The van der Waals surface area contributed by atoms with Gasteiger partial charge in [-0.2, -0.15) is 0 Å². The molecule has 0 aliphatic heterocycles. The highest BCUT2D eigenvalue weighted by Crippen LogP contribution is 2.13. The van der Waals surface area contributed by atoms with Crippen molar-refractivity contribution in [2.24, 2.45) is 5.73 Å². The van der Waals surface area contributed by atoms with Gasteiger partial charge >= 0.3 is 0 Å². The summed E-state index contributed by atoms with van der Waals surface area (Å²) in [4.78, 5) is 11.6. The normalized spacial score (nSPS) is 15.1. The van der Waals surface area contributed by atoms with Crippen molar-refractivity contribution in [2.75, 3.05) is 0 Å². The van der Waals surface area contributed by atoms with Crippen molar-refractivity contribution in [1.29, 1.82) is 0 Å². The Morgan fingerprint density at radius 1 is 1.14 bits per heavy atom. The minimum Gasteiger partial charge on any atom is -0.319 e. The molecule has 0 aromatic rings. The largest absolute Gasteiger partial charge is 0.319 e. The maximum atomic E-state index is 11.6. The average molecular weight is 199 g/mol. The lowest BCUT2D eigenvalue weighted by Gasteiger charge is -2.20. The summed E-state index contributed by atoms with van der Waals surface area (Å²) in [6.45, 7) is 6.00. The van der Waals surface area contributed by atoms with Crippen molar-refractivity contribution in [3.63, 3.8) is 0 Å².